The van der Waals surface area contributed by atoms with Crippen molar-refractivity contribution in [3.8, 4) is 0 Å². The van der Waals surface area contributed by atoms with Crippen LogP contribution in [0.2, 0.25) is 0 Å². The maximum atomic E-state index is 13.0. The summed E-state index contributed by atoms with van der Waals surface area (Å²) in [7, 11) is 0. The minimum atomic E-state index is -2.61. The number of halogens is 2. The van der Waals surface area contributed by atoms with E-state index in [-0.39, 0.29) is 18.4 Å². The molecular formula is C18H23F2N7O2S. The van der Waals surface area contributed by atoms with Crippen LogP contribution in [0.5, 0.6) is 0 Å². The normalized spacial score (nSPS) is 18.2. The van der Waals surface area contributed by atoms with Gasteiger partial charge in [0, 0.05) is 57.0 Å². The summed E-state index contributed by atoms with van der Waals surface area (Å²) >= 11 is 1.36. The number of carbonyl (C=O) groups is 2. The highest BCUT2D eigenvalue weighted by Gasteiger charge is 2.25. The van der Waals surface area contributed by atoms with E-state index in [1.165, 1.54) is 23.7 Å². The predicted octanol–water partition coefficient (Wildman–Crippen LogP) is 1.54. The number of thiazole rings is 1. The number of anilines is 1. The topological polar surface area (TPSA) is 86.6 Å². The fourth-order valence-electron chi connectivity index (χ4n) is 3.58. The van der Waals surface area contributed by atoms with Crippen LogP contribution >= 0.6 is 11.3 Å². The van der Waals surface area contributed by atoms with Crippen molar-refractivity contribution in [3.05, 3.63) is 29.3 Å². The van der Waals surface area contributed by atoms with E-state index in [0.717, 1.165) is 11.0 Å². The number of rotatable bonds is 6. The van der Waals surface area contributed by atoms with Crippen molar-refractivity contribution in [3.63, 3.8) is 0 Å². The van der Waals surface area contributed by atoms with Gasteiger partial charge in [-0.1, -0.05) is 0 Å². The summed E-state index contributed by atoms with van der Waals surface area (Å²) < 4.78 is 26.8. The van der Waals surface area contributed by atoms with E-state index in [9.17, 15) is 18.4 Å². The Bertz CT molecular complexity index is 895. The molecular weight excluding hydrogens is 416 g/mol. The molecule has 0 unspecified atom stereocenters. The van der Waals surface area contributed by atoms with E-state index in [1.807, 2.05) is 10.3 Å². The lowest BCUT2D eigenvalue weighted by molar-refractivity contribution is -0.132. The second-order valence-corrected chi connectivity index (χ2v) is 8.06. The van der Waals surface area contributed by atoms with Crippen molar-refractivity contribution in [2.45, 2.75) is 25.9 Å². The molecule has 0 radical (unpaired) electrons. The van der Waals surface area contributed by atoms with Crippen LogP contribution < -0.4 is 10.2 Å². The van der Waals surface area contributed by atoms with Gasteiger partial charge < -0.3 is 10.2 Å². The molecule has 2 saturated heterocycles. The molecule has 0 aromatic carbocycles. The summed E-state index contributed by atoms with van der Waals surface area (Å²) in [5.74, 6) is 0.296. The molecule has 0 atom stereocenters. The Balaban J connectivity index is 1.27. The van der Waals surface area contributed by atoms with Gasteiger partial charge in [-0.2, -0.15) is 8.78 Å². The van der Waals surface area contributed by atoms with Gasteiger partial charge in [0.1, 0.15) is 5.82 Å². The molecule has 2 fully saturated rings. The SMILES string of the molecule is O=C(Cc1csc(N2CCCNC2=O)n1)N1CCN(Cc2nccn2C(F)F)CC1. The average molecular weight is 439 g/mol. The molecule has 3 amide bonds. The zero-order valence-corrected chi connectivity index (χ0v) is 17.2. The summed E-state index contributed by atoms with van der Waals surface area (Å²) in [4.78, 5) is 38.4. The van der Waals surface area contributed by atoms with Gasteiger partial charge in [-0.25, -0.2) is 14.8 Å². The van der Waals surface area contributed by atoms with E-state index < -0.39 is 6.55 Å². The first-order valence-corrected chi connectivity index (χ1v) is 10.7. The summed E-state index contributed by atoms with van der Waals surface area (Å²) in [6, 6.07) is -0.155. The monoisotopic (exact) mass is 439 g/mol. The lowest BCUT2D eigenvalue weighted by Crippen LogP contribution is -2.49. The number of imidazole rings is 1. The molecule has 4 heterocycles. The van der Waals surface area contributed by atoms with Crippen LogP contribution in [0.4, 0.5) is 18.7 Å². The molecule has 0 saturated carbocycles. The third kappa shape index (κ3) is 4.59. The first kappa shape index (κ1) is 20.7. The van der Waals surface area contributed by atoms with Crippen LogP contribution in [-0.2, 0) is 17.8 Å². The Morgan fingerprint density at radius 3 is 2.77 bits per heavy atom. The van der Waals surface area contributed by atoms with Crippen molar-refractivity contribution in [1.82, 2.24) is 29.7 Å². The van der Waals surface area contributed by atoms with Crippen molar-refractivity contribution in [1.29, 1.82) is 0 Å². The molecule has 2 aliphatic heterocycles. The number of amides is 3. The molecule has 0 bridgehead atoms. The van der Waals surface area contributed by atoms with E-state index in [0.29, 0.717) is 62.5 Å². The zero-order valence-electron chi connectivity index (χ0n) is 16.3. The predicted molar refractivity (Wildman–Crippen MR) is 107 cm³/mol. The molecule has 0 aliphatic carbocycles. The third-order valence-corrected chi connectivity index (χ3v) is 6.14. The molecule has 9 nitrogen and oxygen atoms in total. The molecule has 2 aromatic rings. The molecule has 12 heteroatoms. The maximum Gasteiger partial charge on any atom is 0.323 e. The van der Waals surface area contributed by atoms with Crippen LogP contribution in [-0.4, -0.2) is 75.5 Å². The molecule has 162 valence electrons. The van der Waals surface area contributed by atoms with Crippen LogP contribution in [0.1, 0.15) is 24.5 Å². The average Bonchev–Trinajstić information content (AvgIpc) is 3.38. The van der Waals surface area contributed by atoms with E-state index in [4.69, 9.17) is 0 Å². The highest BCUT2D eigenvalue weighted by atomic mass is 32.1. The Kier molecular flexibility index (Phi) is 6.23. The Morgan fingerprint density at radius 1 is 1.23 bits per heavy atom. The smallest absolute Gasteiger partial charge is 0.323 e. The maximum absolute atomic E-state index is 13.0. The number of carbonyl (C=O) groups excluding carboxylic acids is 2. The highest BCUT2D eigenvalue weighted by molar-refractivity contribution is 7.14. The Hall–Kier alpha value is -2.60. The van der Waals surface area contributed by atoms with Crippen molar-refractivity contribution in [2.24, 2.45) is 0 Å². The standard InChI is InChI=1S/C18H23F2N7O2S/c19-16(20)26-5-3-21-14(26)11-24-6-8-25(9-7-24)15(28)10-13-12-30-18(23-13)27-4-1-2-22-17(27)29/h3,5,12,16H,1-2,4,6-11H2,(H,22,29). The Labute approximate surface area is 176 Å². The summed E-state index contributed by atoms with van der Waals surface area (Å²) in [5, 5.41) is 5.21. The quantitative estimate of drug-likeness (QED) is 0.738. The molecule has 0 spiro atoms. The van der Waals surface area contributed by atoms with Gasteiger partial charge in [0.2, 0.25) is 5.91 Å². The number of hydrogen-bond donors (Lipinski definition) is 1. The first-order chi connectivity index (χ1) is 14.5. The fraction of sp³-hybridized carbons (Fsp3) is 0.556. The number of piperazine rings is 1. The van der Waals surface area contributed by atoms with Crippen molar-refractivity contribution in [2.75, 3.05) is 44.2 Å². The largest absolute Gasteiger partial charge is 0.340 e. The van der Waals surface area contributed by atoms with Gasteiger partial charge in [-0.15, -0.1) is 11.3 Å². The van der Waals surface area contributed by atoms with Crippen LogP contribution in [0.3, 0.4) is 0 Å². The second kappa shape index (κ2) is 9.04. The van der Waals surface area contributed by atoms with Gasteiger partial charge in [0.15, 0.2) is 5.13 Å². The second-order valence-electron chi connectivity index (χ2n) is 7.22. The zero-order chi connectivity index (χ0) is 21.1. The van der Waals surface area contributed by atoms with E-state index in [1.54, 1.807) is 9.80 Å². The van der Waals surface area contributed by atoms with Gasteiger partial charge in [0.05, 0.1) is 18.7 Å². The summed E-state index contributed by atoms with van der Waals surface area (Å²) in [6.45, 7) is 1.26. The van der Waals surface area contributed by atoms with Crippen LogP contribution in [0.15, 0.2) is 17.8 Å². The number of urea groups is 1. The summed E-state index contributed by atoms with van der Waals surface area (Å²) in [5.41, 5.74) is 0.653. The van der Waals surface area contributed by atoms with Gasteiger partial charge >= 0.3 is 12.6 Å². The van der Waals surface area contributed by atoms with E-state index in [2.05, 4.69) is 15.3 Å². The summed E-state index contributed by atoms with van der Waals surface area (Å²) in [6.07, 6.45) is 3.69. The number of nitrogens with one attached hydrogen (secondary N) is 1. The third-order valence-electron chi connectivity index (χ3n) is 5.23. The van der Waals surface area contributed by atoms with E-state index >= 15 is 0 Å². The van der Waals surface area contributed by atoms with Crippen molar-refractivity contribution < 1.29 is 18.4 Å². The molecule has 2 aromatic heterocycles. The van der Waals surface area contributed by atoms with Crippen LogP contribution in [0.25, 0.3) is 0 Å². The first-order valence-electron chi connectivity index (χ1n) is 9.81. The molecule has 2 aliphatic rings. The van der Waals surface area contributed by atoms with Crippen LogP contribution in [0, 0.1) is 0 Å². The number of nitrogens with zero attached hydrogens (tertiary/aromatic N) is 6. The lowest BCUT2D eigenvalue weighted by atomic mass is 10.2. The lowest BCUT2D eigenvalue weighted by Gasteiger charge is -2.34. The number of aromatic nitrogens is 3. The highest BCUT2D eigenvalue weighted by Crippen LogP contribution is 2.23. The van der Waals surface area contributed by atoms with Gasteiger partial charge in [0.25, 0.3) is 0 Å². The fourth-order valence-corrected chi connectivity index (χ4v) is 4.43. The molecule has 4 rings (SSSR count). The molecule has 1 N–H and O–H groups in total. The minimum absolute atomic E-state index is 0.0244. The Morgan fingerprint density at radius 2 is 2.03 bits per heavy atom. The van der Waals surface area contributed by atoms with Crippen molar-refractivity contribution >= 4 is 28.4 Å². The minimum Gasteiger partial charge on any atom is -0.340 e. The van der Waals surface area contributed by atoms with Gasteiger partial charge in [-0.3, -0.25) is 19.2 Å². The number of hydrogen-bond acceptors (Lipinski definition) is 6. The number of alkyl halides is 2. The molecule has 30 heavy (non-hydrogen) atoms. The van der Waals surface area contributed by atoms with Gasteiger partial charge in [-0.05, 0) is 6.42 Å².